The lowest BCUT2D eigenvalue weighted by Gasteiger charge is -2.20. The molecule has 0 atom stereocenters. The number of rotatable bonds is 3. The summed E-state index contributed by atoms with van der Waals surface area (Å²) in [6.07, 6.45) is 0.167. The van der Waals surface area contributed by atoms with Gasteiger partial charge in [-0.25, -0.2) is 4.90 Å². The summed E-state index contributed by atoms with van der Waals surface area (Å²) in [4.78, 5) is 24.0. The van der Waals surface area contributed by atoms with E-state index in [2.05, 4.69) is 0 Å². The SMILES string of the molecule is CCC(=O)N(C(=O)CN)c1ccccc1O. The number of phenols is 1. The molecule has 0 aromatic heterocycles. The molecule has 0 aliphatic rings. The molecular weight excluding hydrogens is 208 g/mol. The Labute approximate surface area is 93.5 Å². The Bertz CT molecular complexity index is 388. The summed E-state index contributed by atoms with van der Waals surface area (Å²) in [5.41, 5.74) is 5.40. The summed E-state index contributed by atoms with van der Waals surface area (Å²) < 4.78 is 0. The van der Waals surface area contributed by atoms with Gasteiger partial charge in [-0.15, -0.1) is 0 Å². The lowest BCUT2D eigenvalue weighted by molar-refractivity contribution is -0.125. The van der Waals surface area contributed by atoms with E-state index in [-0.39, 0.29) is 24.4 Å². The van der Waals surface area contributed by atoms with Crippen LogP contribution in [-0.4, -0.2) is 23.5 Å². The van der Waals surface area contributed by atoms with Crippen molar-refractivity contribution in [2.24, 2.45) is 5.73 Å². The number of carbonyl (C=O) groups excluding carboxylic acids is 2. The number of anilines is 1. The van der Waals surface area contributed by atoms with Gasteiger partial charge >= 0.3 is 0 Å². The van der Waals surface area contributed by atoms with Crippen LogP contribution in [0, 0.1) is 0 Å². The highest BCUT2D eigenvalue weighted by Gasteiger charge is 2.22. The van der Waals surface area contributed by atoms with Gasteiger partial charge in [0.25, 0.3) is 0 Å². The number of amides is 2. The van der Waals surface area contributed by atoms with Crippen molar-refractivity contribution in [3.8, 4) is 5.75 Å². The van der Waals surface area contributed by atoms with Crippen LogP contribution in [0.1, 0.15) is 13.3 Å². The normalized spacial score (nSPS) is 9.88. The van der Waals surface area contributed by atoms with E-state index in [4.69, 9.17) is 5.73 Å². The average Bonchev–Trinajstić information content (AvgIpc) is 2.31. The minimum absolute atomic E-state index is 0.119. The predicted octanol–water partition coefficient (Wildman–Crippen LogP) is 0.620. The number of nitrogens with zero attached hydrogens (tertiary/aromatic N) is 1. The van der Waals surface area contributed by atoms with Crippen molar-refractivity contribution in [2.45, 2.75) is 13.3 Å². The molecule has 5 nitrogen and oxygen atoms in total. The molecule has 5 heteroatoms. The molecule has 1 aromatic carbocycles. The van der Waals surface area contributed by atoms with E-state index in [9.17, 15) is 14.7 Å². The smallest absolute Gasteiger partial charge is 0.247 e. The first-order chi connectivity index (χ1) is 7.61. The Kier molecular flexibility index (Phi) is 4.02. The molecule has 86 valence electrons. The molecular formula is C11H14N2O3. The van der Waals surface area contributed by atoms with Gasteiger partial charge in [-0.3, -0.25) is 9.59 Å². The third-order valence-corrected chi connectivity index (χ3v) is 2.10. The van der Waals surface area contributed by atoms with Crippen LogP contribution in [0.15, 0.2) is 24.3 Å². The van der Waals surface area contributed by atoms with Crippen molar-refractivity contribution in [1.82, 2.24) is 0 Å². The standard InChI is InChI=1S/C11H14N2O3/c1-2-10(15)13(11(16)7-12)8-5-3-4-6-9(8)14/h3-6,14H,2,7,12H2,1H3. The zero-order valence-corrected chi connectivity index (χ0v) is 9.01. The maximum Gasteiger partial charge on any atom is 0.247 e. The Morgan fingerprint density at radius 1 is 1.31 bits per heavy atom. The molecule has 0 saturated carbocycles. The van der Waals surface area contributed by atoms with Gasteiger partial charge in [0, 0.05) is 6.42 Å². The second kappa shape index (κ2) is 5.27. The molecule has 0 aliphatic heterocycles. The quantitative estimate of drug-likeness (QED) is 0.785. The van der Waals surface area contributed by atoms with Gasteiger partial charge in [0.15, 0.2) is 0 Å². The molecule has 16 heavy (non-hydrogen) atoms. The van der Waals surface area contributed by atoms with Crippen molar-refractivity contribution in [3.05, 3.63) is 24.3 Å². The van der Waals surface area contributed by atoms with E-state index >= 15 is 0 Å². The topological polar surface area (TPSA) is 83.6 Å². The third-order valence-electron chi connectivity index (χ3n) is 2.10. The fourth-order valence-electron chi connectivity index (χ4n) is 1.31. The summed E-state index contributed by atoms with van der Waals surface area (Å²) >= 11 is 0. The summed E-state index contributed by atoms with van der Waals surface area (Å²) in [6.45, 7) is 1.36. The summed E-state index contributed by atoms with van der Waals surface area (Å²) in [5, 5.41) is 9.58. The largest absolute Gasteiger partial charge is 0.506 e. The molecule has 0 unspecified atom stereocenters. The lowest BCUT2D eigenvalue weighted by atomic mass is 10.2. The fraction of sp³-hybridized carbons (Fsp3) is 0.273. The highest BCUT2D eigenvalue weighted by atomic mass is 16.3. The number of hydrogen-bond donors (Lipinski definition) is 2. The highest BCUT2D eigenvalue weighted by Crippen LogP contribution is 2.26. The molecule has 0 aliphatic carbocycles. The zero-order chi connectivity index (χ0) is 12.1. The molecule has 0 bridgehead atoms. The molecule has 0 heterocycles. The minimum Gasteiger partial charge on any atom is -0.506 e. The predicted molar refractivity (Wildman–Crippen MR) is 59.9 cm³/mol. The third kappa shape index (κ3) is 2.38. The maximum atomic E-state index is 11.6. The first kappa shape index (κ1) is 12.2. The summed E-state index contributed by atoms with van der Waals surface area (Å²) in [6, 6.07) is 6.15. The first-order valence-electron chi connectivity index (χ1n) is 4.95. The van der Waals surface area contributed by atoms with Crippen LogP contribution < -0.4 is 10.6 Å². The van der Waals surface area contributed by atoms with Crippen LogP contribution in [-0.2, 0) is 9.59 Å². The number of phenolic OH excluding ortho intramolecular Hbond substituents is 1. The van der Waals surface area contributed by atoms with E-state index in [1.54, 1.807) is 19.1 Å². The number of benzene rings is 1. The van der Waals surface area contributed by atoms with Crippen LogP contribution in [0.25, 0.3) is 0 Å². The van der Waals surface area contributed by atoms with Gasteiger partial charge in [0.1, 0.15) is 5.75 Å². The Balaban J connectivity index is 3.16. The van der Waals surface area contributed by atoms with Gasteiger partial charge in [-0.1, -0.05) is 19.1 Å². The number of carbonyl (C=O) groups is 2. The second-order valence-corrected chi connectivity index (χ2v) is 3.17. The molecule has 3 N–H and O–H groups in total. The molecule has 0 radical (unpaired) electrons. The number of aromatic hydroxyl groups is 1. The van der Waals surface area contributed by atoms with Gasteiger partial charge in [0.05, 0.1) is 12.2 Å². The Morgan fingerprint density at radius 2 is 1.94 bits per heavy atom. The zero-order valence-electron chi connectivity index (χ0n) is 9.01. The number of hydrogen-bond acceptors (Lipinski definition) is 4. The molecule has 1 rings (SSSR count). The minimum atomic E-state index is -0.534. The second-order valence-electron chi connectivity index (χ2n) is 3.17. The molecule has 1 aromatic rings. The van der Waals surface area contributed by atoms with Crippen molar-refractivity contribution >= 4 is 17.5 Å². The average molecular weight is 222 g/mol. The van der Waals surface area contributed by atoms with Gasteiger partial charge in [-0.05, 0) is 12.1 Å². The van der Waals surface area contributed by atoms with Gasteiger partial charge < -0.3 is 10.8 Å². The van der Waals surface area contributed by atoms with Gasteiger partial charge in [-0.2, -0.15) is 0 Å². The monoisotopic (exact) mass is 222 g/mol. The number of para-hydroxylation sites is 2. The molecule has 0 fully saturated rings. The first-order valence-corrected chi connectivity index (χ1v) is 4.95. The van der Waals surface area contributed by atoms with E-state index < -0.39 is 11.8 Å². The number of nitrogens with two attached hydrogens (primary N) is 1. The van der Waals surface area contributed by atoms with Gasteiger partial charge in [0.2, 0.25) is 11.8 Å². The maximum absolute atomic E-state index is 11.6. The van der Waals surface area contributed by atoms with Crippen molar-refractivity contribution < 1.29 is 14.7 Å². The molecule has 0 saturated heterocycles. The van der Waals surface area contributed by atoms with Crippen molar-refractivity contribution in [3.63, 3.8) is 0 Å². The molecule has 2 amide bonds. The van der Waals surface area contributed by atoms with Crippen LogP contribution >= 0.6 is 0 Å². The van der Waals surface area contributed by atoms with E-state index in [1.165, 1.54) is 12.1 Å². The van der Waals surface area contributed by atoms with E-state index in [0.29, 0.717) is 0 Å². The van der Waals surface area contributed by atoms with Crippen LogP contribution in [0.2, 0.25) is 0 Å². The molecule has 0 spiro atoms. The van der Waals surface area contributed by atoms with E-state index in [0.717, 1.165) is 4.90 Å². The van der Waals surface area contributed by atoms with Crippen LogP contribution in [0.5, 0.6) is 5.75 Å². The van der Waals surface area contributed by atoms with Crippen LogP contribution in [0.3, 0.4) is 0 Å². The van der Waals surface area contributed by atoms with E-state index in [1.807, 2.05) is 0 Å². The summed E-state index contributed by atoms with van der Waals surface area (Å²) in [7, 11) is 0. The lowest BCUT2D eigenvalue weighted by Crippen LogP contribution is -2.40. The van der Waals surface area contributed by atoms with Crippen molar-refractivity contribution in [2.75, 3.05) is 11.4 Å². The fourth-order valence-corrected chi connectivity index (χ4v) is 1.31. The van der Waals surface area contributed by atoms with Crippen LogP contribution in [0.4, 0.5) is 5.69 Å². The summed E-state index contributed by atoms with van der Waals surface area (Å²) in [5.74, 6) is -1.04. The van der Waals surface area contributed by atoms with Crippen molar-refractivity contribution in [1.29, 1.82) is 0 Å². The Morgan fingerprint density at radius 3 is 2.44 bits per heavy atom. The Hall–Kier alpha value is -1.88. The highest BCUT2D eigenvalue weighted by molar-refractivity contribution is 6.16. The number of imide groups is 1.